The van der Waals surface area contributed by atoms with Crippen LogP contribution in [0, 0.1) is 17.6 Å². The van der Waals surface area contributed by atoms with Gasteiger partial charge in [0.1, 0.15) is 17.9 Å². The molecule has 0 unspecified atom stereocenters. The summed E-state index contributed by atoms with van der Waals surface area (Å²) in [6.07, 6.45) is -0.764. The third-order valence-corrected chi connectivity index (χ3v) is 3.56. The van der Waals surface area contributed by atoms with Gasteiger partial charge in [0.25, 0.3) is 0 Å². The van der Waals surface area contributed by atoms with Gasteiger partial charge in [0.2, 0.25) is 0 Å². The minimum atomic E-state index is -5.08. The Bertz CT molecular complexity index is 528. The van der Waals surface area contributed by atoms with E-state index in [1.165, 1.54) is 12.1 Å². The van der Waals surface area contributed by atoms with Gasteiger partial charge in [0, 0.05) is 12.0 Å². The zero-order valence-corrected chi connectivity index (χ0v) is 11.9. The molecule has 0 saturated heterocycles. The van der Waals surface area contributed by atoms with E-state index in [9.17, 15) is 26.7 Å². The smallest absolute Gasteiger partial charge is 0.475 e. The highest BCUT2D eigenvalue weighted by Gasteiger charge is 2.38. The van der Waals surface area contributed by atoms with Crippen molar-refractivity contribution in [3.05, 3.63) is 35.4 Å². The molecule has 0 heterocycles. The van der Waals surface area contributed by atoms with Crippen LogP contribution in [-0.2, 0) is 9.59 Å². The highest BCUT2D eigenvalue weighted by molar-refractivity contribution is 5.73. The van der Waals surface area contributed by atoms with Crippen molar-refractivity contribution in [3.8, 4) is 0 Å². The Labute approximate surface area is 129 Å². The van der Waals surface area contributed by atoms with E-state index in [0.29, 0.717) is 0 Å². The van der Waals surface area contributed by atoms with Crippen LogP contribution < -0.4 is 0 Å². The minimum Gasteiger partial charge on any atom is -0.475 e. The summed E-state index contributed by atoms with van der Waals surface area (Å²) in [6.45, 7) is 0. The summed E-state index contributed by atoms with van der Waals surface area (Å²) in [5.41, 5.74) is 0.724. The molecule has 0 radical (unpaired) electrons. The lowest BCUT2D eigenvalue weighted by atomic mass is 9.79. The number of halogens is 5. The van der Waals surface area contributed by atoms with Crippen LogP contribution in [0.15, 0.2) is 18.2 Å². The standard InChI is InChI=1S/C13H14F2O.C2HF3O2/c14-12-5-11(6-13(15)7-12)10-3-1-9(8-16)2-4-10;3-2(4,5)1(6)7/h5-10H,1-4H2;(H,6,7). The fourth-order valence-corrected chi connectivity index (χ4v) is 2.40. The van der Waals surface area contributed by atoms with E-state index in [1.807, 2.05) is 0 Å². The molecule has 3 nitrogen and oxygen atoms in total. The molecule has 2 rings (SSSR count). The second kappa shape index (κ2) is 8.03. The van der Waals surface area contributed by atoms with Crippen LogP contribution in [0.4, 0.5) is 22.0 Å². The number of carboxylic acid groups (broad SMARTS) is 1. The number of carbonyl (C=O) groups is 2. The molecule has 0 spiro atoms. The predicted octanol–water partition coefficient (Wildman–Crippen LogP) is 4.07. The number of carboxylic acids is 1. The summed E-state index contributed by atoms with van der Waals surface area (Å²) < 4.78 is 57.8. The molecule has 1 saturated carbocycles. The number of alkyl halides is 3. The SMILES string of the molecule is O=C(O)C(F)(F)F.O=CC1CCC(c2cc(F)cc(F)c2)CC1. The third-order valence-electron chi connectivity index (χ3n) is 3.56. The Morgan fingerprint density at radius 2 is 1.48 bits per heavy atom. The summed E-state index contributed by atoms with van der Waals surface area (Å²) in [7, 11) is 0. The summed E-state index contributed by atoms with van der Waals surface area (Å²) in [6, 6.07) is 3.69. The van der Waals surface area contributed by atoms with Gasteiger partial charge in [-0.15, -0.1) is 0 Å². The van der Waals surface area contributed by atoms with Gasteiger partial charge < -0.3 is 9.90 Å². The van der Waals surface area contributed by atoms with Gasteiger partial charge in [0.05, 0.1) is 0 Å². The van der Waals surface area contributed by atoms with E-state index in [2.05, 4.69) is 0 Å². The Hall–Kier alpha value is -1.99. The molecule has 23 heavy (non-hydrogen) atoms. The lowest BCUT2D eigenvalue weighted by Gasteiger charge is -2.25. The van der Waals surface area contributed by atoms with Gasteiger partial charge in [-0.3, -0.25) is 0 Å². The fourth-order valence-electron chi connectivity index (χ4n) is 2.40. The largest absolute Gasteiger partial charge is 0.490 e. The summed E-state index contributed by atoms with van der Waals surface area (Å²) in [4.78, 5) is 19.5. The molecular weight excluding hydrogens is 323 g/mol. The molecule has 0 aliphatic heterocycles. The molecule has 1 N–H and O–H groups in total. The van der Waals surface area contributed by atoms with E-state index >= 15 is 0 Å². The van der Waals surface area contributed by atoms with Gasteiger partial charge in [-0.1, -0.05) is 0 Å². The molecule has 1 aromatic rings. The first kappa shape index (κ1) is 19.1. The van der Waals surface area contributed by atoms with E-state index in [0.717, 1.165) is 43.6 Å². The molecule has 1 aromatic carbocycles. The number of aliphatic carboxylic acids is 1. The maximum absolute atomic E-state index is 13.0. The van der Waals surface area contributed by atoms with Gasteiger partial charge in [0.15, 0.2) is 0 Å². The van der Waals surface area contributed by atoms with E-state index in [4.69, 9.17) is 9.90 Å². The fraction of sp³-hybridized carbons (Fsp3) is 0.467. The summed E-state index contributed by atoms with van der Waals surface area (Å²) in [5, 5.41) is 7.12. The van der Waals surface area contributed by atoms with Crippen molar-refractivity contribution < 1.29 is 36.6 Å². The Morgan fingerprint density at radius 3 is 1.83 bits per heavy atom. The first-order chi connectivity index (χ1) is 10.6. The van der Waals surface area contributed by atoms with Crippen LogP contribution >= 0.6 is 0 Å². The second-order valence-electron chi connectivity index (χ2n) is 5.25. The first-order valence-corrected chi connectivity index (χ1v) is 6.85. The Morgan fingerprint density at radius 1 is 1.04 bits per heavy atom. The van der Waals surface area contributed by atoms with E-state index < -0.39 is 23.8 Å². The average molecular weight is 338 g/mol. The number of hydrogen-bond donors (Lipinski definition) is 1. The molecular formula is C15H15F5O3. The molecule has 0 atom stereocenters. The zero-order valence-electron chi connectivity index (χ0n) is 11.9. The van der Waals surface area contributed by atoms with Crippen molar-refractivity contribution in [2.75, 3.05) is 0 Å². The van der Waals surface area contributed by atoms with Crippen LogP contribution in [0.25, 0.3) is 0 Å². The number of benzene rings is 1. The summed E-state index contributed by atoms with van der Waals surface area (Å²) >= 11 is 0. The zero-order chi connectivity index (χ0) is 17.6. The van der Waals surface area contributed by atoms with Crippen LogP contribution in [0.1, 0.15) is 37.2 Å². The monoisotopic (exact) mass is 338 g/mol. The molecule has 1 aliphatic carbocycles. The van der Waals surface area contributed by atoms with Crippen LogP contribution in [-0.4, -0.2) is 23.5 Å². The number of carbonyl (C=O) groups excluding carboxylic acids is 1. The molecule has 128 valence electrons. The van der Waals surface area contributed by atoms with Crippen molar-refractivity contribution in [2.24, 2.45) is 5.92 Å². The first-order valence-electron chi connectivity index (χ1n) is 6.85. The van der Waals surface area contributed by atoms with Crippen LogP contribution in [0.5, 0.6) is 0 Å². The van der Waals surface area contributed by atoms with Crippen molar-refractivity contribution in [1.29, 1.82) is 0 Å². The number of rotatable bonds is 2. The molecule has 1 aliphatic rings. The highest BCUT2D eigenvalue weighted by atomic mass is 19.4. The predicted molar refractivity (Wildman–Crippen MR) is 70.8 cm³/mol. The molecule has 1 fully saturated rings. The summed E-state index contributed by atoms with van der Waals surface area (Å²) in [5.74, 6) is -3.47. The highest BCUT2D eigenvalue weighted by Crippen LogP contribution is 2.35. The normalized spacial score (nSPS) is 21.1. The molecule has 0 bridgehead atoms. The van der Waals surface area contributed by atoms with Gasteiger partial charge in [-0.05, 0) is 49.3 Å². The molecule has 0 aromatic heterocycles. The minimum absolute atomic E-state index is 0.134. The molecule has 0 amide bonds. The average Bonchev–Trinajstić information content (AvgIpc) is 2.46. The lowest BCUT2D eigenvalue weighted by Crippen LogP contribution is -2.21. The molecule has 8 heteroatoms. The Kier molecular flexibility index (Phi) is 6.65. The van der Waals surface area contributed by atoms with E-state index in [1.54, 1.807) is 0 Å². The maximum Gasteiger partial charge on any atom is 0.490 e. The van der Waals surface area contributed by atoms with Gasteiger partial charge >= 0.3 is 12.1 Å². The maximum atomic E-state index is 13.0. The number of hydrogen-bond acceptors (Lipinski definition) is 2. The van der Waals surface area contributed by atoms with Crippen molar-refractivity contribution in [3.63, 3.8) is 0 Å². The van der Waals surface area contributed by atoms with Crippen molar-refractivity contribution in [1.82, 2.24) is 0 Å². The topological polar surface area (TPSA) is 54.4 Å². The third kappa shape index (κ3) is 6.33. The van der Waals surface area contributed by atoms with E-state index in [-0.39, 0.29) is 11.8 Å². The Balaban J connectivity index is 0.000000322. The van der Waals surface area contributed by atoms with Gasteiger partial charge in [-0.25, -0.2) is 13.6 Å². The van der Waals surface area contributed by atoms with Crippen molar-refractivity contribution in [2.45, 2.75) is 37.8 Å². The second-order valence-corrected chi connectivity index (χ2v) is 5.25. The van der Waals surface area contributed by atoms with Crippen LogP contribution in [0.3, 0.4) is 0 Å². The van der Waals surface area contributed by atoms with Gasteiger partial charge in [-0.2, -0.15) is 13.2 Å². The van der Waals surface area contributed by atoms with Crippen molar-refractivity contribution >= 4 is 12.3 Å². The quantitative estimate of drug-likeness (QED) is 0.653. The number of aldehydes is 1. The van der Waals surface area contributed by atoms with Crippen LogP contribution in [0.2, 0.25) is 0 Å². The lowest BCUT2D eigenvalue weighted by molar-refractivity contribution is -0.192.